The Kier molecular flexibility index (Phi) is 13.5. The van der Waals surface area contributed by atoms with E-state index in [1.54, 1.807) is 0 Å². The van der Waals surface area contributed by atoms with Crippen LogP contribution in [-0.2, 0) is 10.8 Å². The Morgan fingerprint density at radius 1 is 0.223 bits per heavy atom. The smallest absolute Gasteiger partial charge is 0.252 e. The summed E-state index contributed by atoms with van der Waals surface area (Å²) < 4.78 is 0. The van der Waals surface area contributed by atoms with Crippen LogP contribution in [0.3, 0.4) is 0 Å². The normalized spacial score (nSPS) is 13.3. The van der Waals surface area contributed by atoms with Crippen LogP contribution in [0.5, 0.6) is 0 Å². The first kappa shape index (κ1) is 56.7. The molecule has 94 heavy (non-hydrogen) atoms. The maximum absolute atomic E-state index is 2.66. The van der Waals surface area contributed by atoms with Gasteiger partial charge in [0.15, 0.2) is 0 Å². The second-order valence-electron chi connectivity index (χ2n) is 27.4. The minimum absolute atomic E-state index is 0.129. The molecule has 0 saturated heterocycles. The van der Waals surface area contributed by atoms with Crippen LogP contribution in [0, 0.1) is 0 Å². The molecule has 0 spiro atoms. The van der Waals surface area contributed by atoms with E-state index >= 15 is 0 Å². The van der Waals surface area contributed by atoms with E-state index in [-0.39, 0.29) is 24.3 Å². The Bertz CT molecular complexity index is 4610. The van der Waals surface area contributed by atoms with Crippen molar-refractivity contribution in [2.45, 2.75) is 52.4 Å². The van der Waals surface area contributed by atoms with Gasteiger partial charge >= 0.3 is 0 Å². The third kappa shape index (κ3) is 9.33. The zero-order chi connectivity index (χ0) is 63.4. The standard InChI is InChI=1S/C86H70B2N6/c1-85(2,3)59-47-49-71-75(51-59)91(65-39-23-11-24-40-65)79-53-69(89(61-31-15-7-16-32-61)62-33-17-8-18-34-62)55-81-83(79)87(71)73-57-74-78(58-77(73)93(81)67-43-27-13-28-44-67)94(68-45-29-14-30-46-68)82-56-70(90(63-35-19-9-20-36-63)64-37-21-10-22-38-64)54-80-84(82)88(74)72-50-48-60(86(4,5)6)52-76(72)92(80)66-41-25-12-26-42-66/h7-58H,1-6H3. The summed E-state index contributed by atoms with van der Waals surface area (Å²) in [6.07, 6.45) is 0. The van der Waals surface area contributed by atoms with Crippen LogP contribution < -0.4 is 62.2 Å². The maximum atomic E-state index is 2.66. The molecule has 0 fully saturated rings. The summed E-state index contributed by atoms with van der Waals surface area (Å²) in [5.74, 6) is 0. The van der Waals surface area contributed by atoms with Crippen molar-refractivity contribution in [1.29, 1.82) is 0 Å². The zero-order valence-corrected chi connectivity index (χ0v) is 53.9. The lowest BCUT2D eigenvalue weighted by atomic mass is 9.30. The topological polar surface area (TPSA) is 19.4 Å². The number of nitrogens with zero attached hydrogens (tertiary/aromatic N) is 6. The van der Waals surface area contributed by atoms with Crippen LogP contribution in [0.4, 0.5) is 102 Å². The van der Waals surface area contributed by atoms with E-state index < -0.39 is 0 Å². The number of fused-ring (bicyclic) bond motifs is 8. The molecule has 8 heteroatoms. The molecule has 0 aromatic heterocycles. The van der Waals surface area contributed by atoms with Gasteiger partial charge < -0.3 is 29.4 Å². The molecule has 17 rings (SSSR count). The van der Waals surface area contributed by atoms with Gasteiger partial charge in [0, 0.05) is 91.0 Å². The fourth-order valence-corrected chi connectivity index (χ4v) is 15.3. The summed E-state index contributed by atoms with van der Waals surface area (Å²) in [6.45, 7) is 13.7. The summed E-state index contributed by atoms with van der Waals surface area (Å²) in [5.41, 5.74) is 29.9. The largest absolute Gasteiger partial charge is 0.311 e. The van der Waals surface area contributed by atoms with Gasteiger partial charge in [0.25, 0.3) is 13.4 Å². The number of para-hydroxylation sites is 8. The number of benzene rings is 13. The molecule has 4 heterocycles. The lowest BCUT2D eigenvalue weighted by molar-refractivity contribution is 0.590. The molecule has 0 atom stereocenters. The highest BCUT2D eigenvalue weighted by Gasteiger charge is 2.49. The first-order valence-electron chi connectivity index (χ1n) is 33.0. The van der Waals surface area contributed by atoms with Gasteiger partial charge in [-0.05, 0) is 194 Å². The molecule has 0 N–H and O–H groups in total. The number of hydrogen-bond acceptors (Lipinski definition) is 6. The third-order valence-electron chi connectivity index (χ3n) is 19.6. The van der Waals surface area contributed by atoms with Crippen molar-refractivity contribution in [3.05, 3.63) is 327 Å². The molecule has 4 aliphatic rings. The van der Waals surface area contributed by atoms with E-state index in [1.165, 1.54) is 55.3 Å². The van der Waals surface area contributed by atoms with E-state index in [9.17, 15) is 0 Å². The van der Waals surface area contributed by atoms with Crippen LogP contribution in [-0.4, -0.2) is 13.4 Å². The molecule has 0 aliphatic carbocycles. The van der Waals surface area contributed by atoms with Crippen molar-refractivity contribution >= 4 is 149 Å². The number of anilines is 18. The highest BCUT2D eigenvalue weighted by atomic mass is 15.2. The first-order chi connectivity index (χ1) is 45.9. The number of rotatable bonds is 10. The molecule has 450 valence electrons. The van der Waals surface area contributed by atoms with Crippen LogP contribution in [0.15, 0.2) is 315 Å². The first-order valence-corrected chi connectivity index (χ1v) is 33.0. The summed E-state index contributed by atoms with van der Waals surface area (Å²) in [7, 11) is 0. The van der Waals surface area contributed by atoms with E-state index in [0.29, 0.717) is 0 Å². The van der Waals surface area contributed by atoms with Crippen molar-refractivity contribution < 1.29 is 0 Å². The molecule has 0 bridgehead atoms. The van der Waals surface area contributed by atoms with Crippen molar-refractivity contribution in [1.82, 2.24) is 0 Å². The molecule has 0 amide bonds. The highest BCUT2D eigenvalue weighted by molar-refractivity contribution is 7.03. The maximum Gasteiger partial charge on any atom is 0.252 e. The summed E-state index contributed by atoms with van der Waals surface area (Å²) >= 11 is 0. The Labute approximate surface area is 553 Å². The summed E-state index contributed by atoms with van der Waals surface area (Å²) in [5, 5.41) is 0. The third-order valence-corrected chi connectivity index (χ3v) is 19.6. The molecule has 13 aromatic carbocycles. The van der Waals surface area contributed by atoms with Gasteiger partial charge in [-0.3, -0.25) is 0 Å². The minimum Gasteiger partial charge on any atom is -0.311 e. The van der Waals surface area contributed by atoms with Crippen molar-refractivity contribution in [2.75, 3.05) is 29.4 Å². The lowest BCUT2D eigenvalue weighted by Crippen LogP contribution is -2.65. The van der Waals surface area contributed by atoms with Gasteiger partial charge in [-0.15, -0.1) is 0 Å². The molecular weight excluding hydrogens is 1140 g/mol. The molecule has 0 unspecified atom stereocenters. The molecule has 0 radical (unpaired) electrons. The van der Waals surface area contributed by atoms with Gasteiger partial charge in [0.2, 0.25) is 0 Å². The van der Waals surface area contributed by atoms with Gasteiger partial charge in [-0.2, -0.15) is 0 Å². The monoisotopic (exact) mass is 1210 g/mol. The van der Waals surface area contributed by atoms with Gasteiger partial charge in [-0.25, -0.2) is 0 Å². The Hall–Kier alpha value is -11.2. The zero-order valence-electron chi connectivity index (χ0n) is 53.9. The Morgan fingerprint density at radius 3 is 0.723 bits per heavy atom. The average Bonchev–Trinajstić information content (AvgIpc) is 0.687. The molecule has 6 nitrogen and oxygen atoms in total. The SMILES string of the molecule is CC(C)(C)c1ccc2c(c1)N(c1ccccc1)c1cc(N(c3ccccc3)c3ccccc3)cc3c1B2c1cc2c(cc1N3c1ccccc1)N(c1ccccc1)c1cc(N(c3ccccc3)c3ccccc3)cc3c1B2c1ccc(C(C)(C)C)cc1N3c1ccccc1. The Morgan fingerprint density at radius 2 is 0.468 bits per heavy atom. The fraction of sp³-hybridized carbons (Fsp3) is 0.0930. The van der Waals surface area contributed by atoms with Gasteiger partial charge in [0.05, 0.1) is 11.4 Å². The van der Waals surface area contributed by atoms with Crippen molar-refractivity contribution in [2.24, 2.45) is 0 Å². The van der Waals surface area contributed by atoms with Crippen LogP contribution in [0.25, 0.3) is 0 Å². The predicted octanol–water partition coefficient (Wildman–Crippen LogP) is 19.4. The number of hydrogen-bond donors (Lipinski definition) is 0. The fourth-order valence-electron chi connectivity index (χ4n) is 15.3. The summed E-state index contributed by atoms with van der Waals surface area (Å²) in [6, 6.07) is 118. The van der Waals surface area contributed by atoms with Crippen LogP contribution >= 0.6 is 0 Å². The second-order valence-corrected chi connectivity index (χ2v) is 27.4. The lowest BCUT2D eigenvalue weighted by Gasteiger charge is -2.48. The van der Waals surface area contributed by atoms with Gasteiger partial charge in [0.1, 0.15) is 0 Å². The molecule has 0 saturated carbocycles. The van der Waals surface area contributed by atoms with Crippen molar-refractivity contribution in [3.8, 4) is 0 Å². The van der Waals surface area contributed by atoms with Crippen molar-refractivity contribution in [3.63, 3.8) is 0 Å². The average molecular weight is 1210 g/mol. The minimum atomic E-state index is -0.184. The van der Waals surface area contributed by atoms with E-state index in [1.807, 2.05) is 0 Å². The predicted molar refractivity (Wildman–Crippen MR) is 401 cm³/mol. The summed E-state index contributed by atoms with van der Waals surface area (Å²) in [4.78, 5) is 15.2. The highest BCUT2D eigenvalue weighted by Crippen LogP contribution is 2.53. The van der Waals surface area contributed by atoms with Crippen LogP contribution in [0.1, 0.15) is 52.7 Å². The quantitative estimate of drug-likeness (QED) is 0.126. The molecule has 13 aromatic rings. The second kappa shape index (κ2) is 22.3. The van der Waals surface area contributed by atoms with E-state index in [2.05, 4.69) is 386 Å². The van der Waals surface area contributed by atoms with E-state index in [4.69, 9.17) is 0 Å². The van der Waals surface area contributed by atoms with Crippen LogP contribution in [0.2, 0.25) is 0 Å². The van der Waals surface area contributed by atoms with E-state index in [0.717, 1.165) is 91.0 Å². The molecule has 4 aliphatic heterocycles. The Balaban J connectivity index is 1.02. The molecular formula is C86H70B2N6. The van der Waals surface area contributed by atoms with Gasteiger partial charge in [-0.1, -0.05) is 217 Å².